The largest absolute Gasteiger partial charge is 0.399 e. The summed E-state index contributed by atoms with van der Waals surface area (Å²) in [5.74, 6) is 0. The number of nitrogen functional groups attached to an aromatic ring is 1. The van der Waals surface area contributed by atoms with Gasteiger partial charge in [-0.05, 0) is 36.8 Å². The van der Waals surface area contributed by atoms with Crippen molar-refractivity contribution >= 4 is 11.4 Å². The van der Waals surface area contributed by atoms with Gasteiger partial charge in [0.1, 0.15) is 0 Å². The van der Waals surface area contributed by atoms with Gasteiger partial charge in [-0.1, -0.05) is 30.3 Å². The number of aryl methyl sites for hydroxylation is 1. The van der Waals surface area contributed by atoms with E-state index in [1.165, 1.54) is 5.56 Å². The number of para-hydroxylation sites is 1. The summed E-state index contributed by atoms with van der Waals surface area (Å²) in [7, 11) is 1.59. The molecule has 0 bridgehead atoms. The fourth-order valence-electron chi connectivity index (χ4n) is 1.29. The molecule has 0 radical (unpaired) electrons. The predicted molar refractivity (Wildman–Crippen MR) is 72.7 cm³/mol. The molecule has 0 aromatic heterocycles. The van der Waals surface area contributed by atoms with Crippen molar-refractivity contribution in [1.82, 2.24) is 0 Å². The molecular weight excluding hydrogens is 212 g/mol. The molecule has 0 amide bonds. The van der Waals surface area contributed by atoms with Crippen LogP contribution in [0.3, 0.4) is 0 Å². The van der Waals surface area contributed by atoms with Gasteiger partial charge in [-0.25, -0.2) is 0 Å². The topological polar surface area (TPSA) is 47.3 Å². The molecule has 17 heavy (non-hydrogen) atoms. The van der Waals surface area contributed by atoms with Gasteiger partial charge >= 0.3 is 0 Å². The van der Waals surface area contributed by atoms with Crippen LogP contribution in [0.5, 0.6) is 0 Å². The second-order valence-corrected chi connectivity index (χ2v) is 3.59. The molecule has 0 heterocycles. The van der Waals surface area contributed by atoms with E-state index in [1.54, 1.807) is 7.11 Å². The van der Waals surface area contributed by atoms with E-state index in [-0.39, 0.29) is 0 Å². The fraction of sp³-hybridized carbons (Fsp3) is 0.143. The average Bonchev–Trinajstić information content (AvgIpc) is 2.31. The van der Waals surface area contributed by atoms with E-state index in [0.29, 0.717) is 0 Å². The predicted octanol–water partition coefficient (Wildman–Crippen LogP) is 3.24. The summed E-state index contributed by atoms with van der Waals surface area (Å²) in [6.45, 7) is 2.02. The number of anilines is 2. The number of hydrogen-bond acceptors (Lipinski definition) is 3. The Morgan fingerprint density at radius 3 is 2.18 bits per heavy atom. The third-order valence-corrected chi connectivity index (χ3v) is 2.04. The Balaban J connectivity index is 0.000000171. The molecule has 3 N–H and O–H groups in total. The number of benzene rings is 2. The molecule has 3 nitrogen and oxygen atoms in total. The normalized spacial score (nSPS) is 9.06. The molecule has 90 valence electrons. The Bertz CT molecular complexity index is 412. The zero-order valence-electron chi connectivity index (χ0n) is 10.2. The summed E-state index contributed by atoms with van der Waals surface area (Å²) >= 11 is 0. The first-order chi connectivity index (χ1) is 8.22. The van der Waals surface area contributed by atoms with E-state index in [2.05, 4.69) is 10.3 Å². The van der Waals surface area contributed by atoms with Crippen LogP contribution in [0.4, 0.5) is 11.4 Å². The molecular formula is C14H18N2O. The molecule has 0 unspecified atom stereocenters. The number of nitrogens with two attached hydrogens (primary N) is 1. The van der Waals surface area contributed by atoms with E-state index in [4.69, 9.17) is 5.73 Å². The van der Waals surface area contributed by atoms with E-state index in [1.807, 2.05) is 61.5 Å². The molecule has 0 fully saturated rings. The van der Waals surface area contributed by atoms with Crippen LogP contribution in [0.2, 0.25) is 0 Å². The van der Waals surface area contributed by atoms with E-state index in [0.717, 1.165) is 11.4 Å². The standard InChI is InChI=1S/C7H9NO.C7H9N/c1-9-8-7-5-3-2-4-6-7;1-6-3-2-4-7(8)5-6/h2-6,8H,1H3;2-5H,8H2,1H3. The van der Waals surface area contributed by atoms with Crippen molar-refractivity contribution in [1.29, 1.82) is 0 Å². The monoisotopic (exact) mass is 230 g/mol. The van der Waals surface area contributed by atoms with Crippen molar-refractivity contribution < 1.29 is 4.84 Å². The molecule has 0 saturated carbocycles. The Morgan fingerprint density at radius 2 is 1.71 bits per heavy atom. The highest BCUT2D eigenvalue weighted by molar-refractivity contribution is 5.40. The Morgan fingerprint density at radius 1 is 1.00 bits per heavy atom. The molecule has 2 aromatic rings. The summed E-state index contributed by atoms with van der Waals surface area (Å²) < 4.78 is 0. The minimum absolute atomic E-state index is 0.838. The van der Waals surface area contributed by atoms with Gasteiger partial charge in [0.2, 0.25) is 0 Å². The highest BCUT2D eigenvalue weighted by Gasteiger charge is 1.82. The number of rotatable bonds is 2. The van der Waals surface area contributed by atoms with Crippen molar-refractivity contribution in [3.8, 4) is 0 Å². The van der Waals surface area contributed by atoms with Gasteiger partial charge in [0.15, 0.2) is 0 Å². The van der Waals surface area contributed by atoms with Gasteiger partial charge in [-0.15, -0.1) is 0 Å². The smallest absolute Gasteiger partial charge is 0.0636 e. The zero-order valence-corrected chi connectivity index (χ0v) is 10.2. The van der Waals surface area contributed by atoms with Crippen molar-refractivity contribution in [2.75, 3.05) is 18.3 Å². The maximum absolute atomic E-state index is 5.46. The van der Waals surface area contributed by atoms with Gasteiger partial charge in [0.25, 0.3) is 0 Å². The van der Waals surface area contributed by atoms with Gasteiger partial charge in [-0.3, -0.25) is 10.3 Å². The maximum Gasteiger partial charge on any atom is 0.0636 e. The summed E-state index contributed by atoms with van der Waals surface area (Å²) in [6, 6.07) is 17.5. The fourth-order valence-corrected chi connectivity index (χ4v) is 1.29. The van der Waals surface area contributed by atoms with Crippen LogP contribution in [-0.4, -0.2) is 7.11 Å². The second kappa shape index (κ2) is 7.30. The number of nitrogens with one attached hydrogen (secondary N) is 1. The number of hydrogen-bond donors (Lipinski definition) is 2. The molecule has 3 heteroatoms. The molecule has 0 saturated heterocycles. The summed E-state index contributed by atoms with van der Waals surface area (Å²) in [5.41, 5.74) is 11.2. The van der Waals surface area contributed by atoms with E-state index in [9.17, 15) is 0 Å². The van der Waals surface area contributed by atoms with Crippen LogP contribution in [0.15, 0.2) is 54.6 Å². The first kappa shape index (κ1) is 13.1. The third kappa shape index (κ3) is 5.58. The molecule has 2 aromatic carbocycles. The lowest BCUT2D eigenvalue weighted by Gasteiger charge is -1.99. The Labute approximate surface area is 102 Å². The van der Waals surface area contributed by atoms with Crippen LogP contribution < -0.4 is 11.2 Å². The minimum Gasteiger partial charge on any atom is -0.399 e. The van der Waals surface area contributed by atoms with Crippen molar-refractivity contribution in [2.45, 2.75) is 6.92 Å². The van der Waals surface area contributed by atoms with Gasteiger partial charge in [0, 0.05) is 5.69 Å². The third-order valence-electron chi connectivity index (χ3n) is 2.04. The highest BCUT2D eigenvalue weighted by Crippen LogP contribution is 2.03. The molecule has 0 atom stereocenters. The first-order valence-corrected chi connectivity index (χ1v) is 5.38. The van der Waals surface area contributed by atoms with Crippen LogP contribution in [0, 0.1) is 6.92 Å². The lowest BCUT2D eigenvalue weighted by molar-refractivity contribution is 0.271. The minimum atomic E-state index is 0.838. The van der Waals surface area contributed by atoms with Crippen molar-refractivity contribution in [2.24, 2.45) is 0 Å². The van der Waals surface area contributed by atoms with Crippen LogP contribution >= 0.6 is 0 Å². The van der Waals surface area contributed by atoms with Gasteiger partial charge in [0.05, 0.1) is 12.8 Å². The zero-order chi connectivity index (χ0) is 12.5. The summed E-state index contributed by atoms with van der Waals surface area (Å²) in [5, 5.41) is 0. The summed E-state index contributed by atoms with van der Waals surface area (Å²) in [6.07, 6.45) is 0. The Hall–Kier alpha value is -2.00. The lowest BCUT2D eigenvalue weighted by Crippen LogP contribution is -1.93. The Kier molecular flexibility index (Phi) is 5.61. The maximum atomic E-state index is 5.46. The lowest BCUT2D eigenvalue weighted by atomic mass is 10.2. The van der Waals surface area contributed by atoms with Crippen LogP contribution in [0.1, 0.15) is 5.56 Å². The molecule has 0 aliphatic carbocycles. The van der Waals surface area contributed by atoms with Crippen molar-refractivity contribution in [3.05, 3.63) is 60.2 Å². The first-order valence-electron chi connectivity index (χ1n) is 5.38. The SMILES string of the molecule is CONc1ccccc1.Cc1cccc(N)c1. The van der Waals surface area contributed by atoms with Crippen LogP contribution in [-0.2, 0) is 4.84 Å². The van der Waals surface area contributed by atoms with Crippen LogP contribution in [0.25, 0.3) is 0 Å². The van der Waals surface area contributed by atoms with E-state index < -0.39 is 0 Å². The molecule has 0 aliphatic heterocycles. The second-order valence-electron chi connectivity index (χ2n) is 3.59. The molecule has 0 aliphatic rings. The highest BCUT2D eigenvalue weighted by atomic mass is 16.6. The quantitative estimate of drug-likeness (QED) is 0.615. The van der Waals surface area contributed by atoms with Crippen molar-refractivity contribution in [3.63, 3.8) is 0 Å². The van der Waals surface area contributed by atoms with Gasteiger partial charge < -0.3 is 5.73 Å². The molecule has 2 rings (SSSR count). The average molecular weight is 230 g/mol. The van der Waals surface area contributed by atoms with E-state index >= 15 is 0 Å². The summed E-state index contributed by atoms with van der Waals surface area (Å²) in [4.78, 5) is 4.68. The molecule has 0 spiro atoms. The van der Waals surface area contributed by atoms with Gasteiger partial charge in [-0.2, -0.15) is 0 Å².